The standard InChI is InChI=1S/C13H19FN2O2/c1-3-7-16(8-9-17)13(18)15-12-6-4-5-11(14)10(12)2/h4-6,17H,3,7-9H2,1-2H3,(H,15,18). The molecule has 0 heterocycles. The van der Waals surface area contributed by atoms with Crippen molar-refractivity contribution < 1.29 is 14.3 Å². The van der Waals surface area contributed by atoms with Gasteiger partial charge in [-0.25, -0.2) is 9.18 Å². The molecular formula is C13H19FN2O2. The van der Waals surface area contributed by atoms with Crippen molar-refractivity contribution in [1.82, 2.24) is 4.90 Å². The molecule has 4 nitrogen and oxygen atoms in total. The molecule has 0 fully saturated rings. The molecule has 0 radical (unpaired) electrons. The van der Waals surface area contributed by atoms with Crippen molar-refractivity contribution in [2.45, 2.75) is 20.3 Å². The van der Waals surface area contributed by atoms with Gasteiger partial charge in [0, 0.05) is 24.3 Å². The molecule has 100 valence electrons. The highest BCUT2D eigenvalue weighted by Gasteiger charge is 2.13. The van der Waals surface area contributed by atoms with Crippen LogP contribution in [0.3, 0.4) is 0 Å². The summed E-state index contributed by atoms with van der Waals surface area (Å²) >= 11 is 0. The maximum atomic E-state index is 13.3. The number of urea groups is 1. The Morgan fingerprint density at radius 3 is 2.78 bits per heavy atom. The van der Waals surface area contributed by atoms with Crippen molar-refractivity contribution in [2.24, 2.45) is 0 Å². The van der Waals surface area contributed by atoms with Crippen LogP contribution >= 0.6 is 0 Å². The Kier molecular flexibility index (Phi) is 5.58. The number of carbonyl (C=O) groups is 1. The highest BCUT2D eigenvalue weighted by molar-refractivity contribution is 5.90. The van der Waals surface area contributed by atoms with E-state index >= 15 is 0 Å². The molecule has 1 aromatic rings. The molecule has 2 N–H and O–H groups in total. The second kappa shape index (κ2) is 6.96. The average Bonchev–Trinajstić information content (AvgIpc) is 2.34. The Hall–Kier alpha value is -1.62. The summed E-state index contributed by atoms with van der Waals surface area (Å²) in [4.78, 5) is 13.4. The lowest BCUT2D eigenvalue weighted by Gasteiger charge is -2.22. The van der Waals surface area contributed by atoms with Crippen molar-refractivity contribution in [3.05, 3.63) is 29.6 Å². The van der Waals surface area contributed by atoms with Crippen molar-refractivity contribution in [2.75, 3.05) is 25.0 Å². The second-order valence-electron chi connectivity index (χ2n) is 4.05. The van der Waals surface area contributed by atoms with Crippen molar-refractivity contribution in [1.29, 1.82) is 0 Å². The van der Waals surface area contributed by atoms with Crippen LogP contribution in [-0.4, -0.2) is 35.7 Å². The van der Waals surface area contributed by atoms with Crippen LogP contribution in [0, 0.1) is 12.7 Å². The monoisotopic (exact) mass is 254 g/mol. The zero-order valence-electron chi connectivity index (χ0n) is 10.7. The molecule has 0 spiro atoms. The average molecular weight is 254 g/mol. The summed E-state index contributed by atoms with van der Waals surface area (Å²) in [6, 6.07) is 4.23. The number of carbonyl (C=O) groups excluding carboxylic acids is 1. The molecule has 0 bridgehead atoms. The van der Waals surface area contributed by atoms with Gasteiger partial charge >= 0.3 is 6.03 Å². The predicted octanol–water partition coefficient (Wildman–Crippen LogP) is 2.37. The van der Waals surface area contributed by atoms with Crippen molar-refractivity contribution in [3.63, 3.8) is 0 Å². The van der Waals surface area contributed by atoms with E-state index in [4.69, 9.17) is 5.11 Å². The number of anilines is 1. The molecule has 0 aliphatic rings. The summed E-state index contributed by atoms with van der Waals surface area (Å²) < 4.78 is 13.3. The highest BCUT2D eigenvalue weighted by atomic mass is 19.1. The minimum absolute atomic E-state index is 0.0877. The van der Waals surface area contributed by atoms with E-state index < -0.39 is 0 Å². The van der Waals surface area contributed by atoms with Gasteiger partial charge in [-0.2, -0.15) is 0 Å². The molecule has 2 amide bonds. The quantitative estimate of drug-likeness (QED) is 0.847. The van der Waals surface area contributed by atoms with Crippen LogP contribution in [0.25, 0.3) is 0 Å². The van der Waals surface area contributed by atoms with E-state index in [-0.39, 0.29) is 25.0 Å². The molecule has 0 aromatic heterocycles. The maximum absolute atomic E-state index is 13.3. The lowest BCUT2D eigenvalue weighted by Crippen LogP contribution is -2.37. The predicted molar refractivity (Wildman–Crippen MR) is 69.1 cm³/mol. The topological polar surface area (TPSA) is 52.6 Å². The van der Waals surface area contributed by atoms with Crippen molar-refractivity contribution >= 4 is 11.7 Å². The second-order valence-corrected chi connectivity index (χ2v) is 4.05. The number of aliphatic hydroxyl groups is 1. The van der Waals surface area contributed by atoms with E-state index in [0.29, 0.717) is 17.8 Å². The summed E-state index contributed by atoms with van der Waals surface area (Å²) in [5, 5.41) is 11.6. The first kappa shape index (κ1) is 14.4. The highest BCUT2D eigenvalue weighted by Crippen LogP contribution is 2.17. The number of nitrogens with zero attached hydrogens (tertiary/aromatic N) is 1. The smallest absolute Gasteiger partial charge is 0.321 e. The van der Waals surface area contributed by atoms with E-state index in [1.165, 1.54) is 11.0 Å². The van der Waals surface area contributed by atoms with E-state index in [2.05, 4.69) is 5.32 Å². The minimum Gasteiger partial charge on any atom is -0.395 e. The summed E-state index contributed by atoms with van der Waals surface area (Å²) in [6.45, 7) is 4.30. The van der Waals surface area contributed by atoms with Crippen LogP contribution in [0.2, 0.25) is 0 Å². The first-order chi connectivity index (χ1) is 8.60. The fraction of sp³-hybridized carbons (Fsp3) is 0.462. The molecular weight excluding hydrogens is 235 g/mol. The first-order valence-electron chi connectivity index (χ1n) is 6.02. The van der Waals surface area contributed by atoms with Crippen LogP contribution in [0.1, 0.15) is 18.9 Å². The van der Waals surface area contributed by atoms with E-state index in [1.54, 1.807) is 19.1 Å². The van der Waals surface area contributed by atoms with Crippen LogP contribution in [-0.2, 0) is 0 Å². The number of benzene rings is 1. The minimum atomic E-state index is -0.350. The Labute approximate surface area is 106 Å². The maximum Gasteiger partial charge on any atom is 0.321 e. The molecule has 1 rings (SSSR count). The number of amides is 2. The van der Waals surface area contributed by atoms with Gasteiger partial charge in [0.2, 0.25) is 0 Å². The molecule has 1 aromatic carbocycles. The third kappa shape index (κ3) is 3.70. The summed E-state index contributed by atoms with van der Waals surface area (Å²) in [5.41, 5.74) is 0.866. The molecule has 0 unspecified atom stereocenters. The molecule has 18 heavy (non-hydrogen) atoms. The van der Waals surface area contributed by atoms with Gasteiger partial charge in [-0.05, 0) is 25.5 Å². The molecule has 5 heteroatoms. The molecule has 0 saturated heterocycles. The number of nitrogens with one attached hydrogen (secondary N) is 1. The van der Waals surface area contributed by atoms with Gasteiger partial charge < -0.3 is 15.3 Å². The third-order valence-corrected chi connectivity index (χ3v) is 2.66. The van der Waals surface area contributed by atoms with Gasteiger partial charge in [-0.15, -0.1) is 0 Å². The number of hydrogen-bond acceptors (Lipinski definition) is 2. The van der Waals surface area contributed by atoms with Crippen molar-refractivity contribution in [3.8, 4) is 0 Å². The Morgan fingerprint density at radius 1 is 1.44 bits per heavy atom. The SMILES string of the molecule is CCCN(CCO)C(=O)Nc1cccc(F)c1C. The normalized spacial score (nSPS) is 10.2. The zero-order chi connectivity index (χ0) is 13.5. The Morgan fingerprint density at radius 2 is 2.17 bits per heavy atom. The lowest BCUT2D eigenvalue weighted by atomic mass is 10.2. The number of rotatable bonds is 5. The Balaban J connectivity index is 2.75. The summed E-state index contributed by atoms with van der Waals surface area (Å²) in [6.07, 6.45) is 0.801. The largest absolute Gasteiger partial charge is 0.395 e. The number of halogens is 1. The summed E-state index contributed by atoms with van der Waals surface area (Å²) in [7, 11) is 0. The fourth-order valence-electron chi connectivity index (χ4n) is 1.64. The first-order valence-corrected chi connectivity index (χ1v) is 6.02. The van der Waals surface area contributed by atoms with E-state index in [9.17, 15) is 9.18 Å². The van der Waals surface area contributed by atoms with Crippen LogP contribution in [0.4, 0.5) is 14.9 Å². The molecule has 0 aliphatic heterocycles. The number of hydrogen-bond donors (Lipinski definition) is 2. The third-order valence-electron chi connectivity index (χ3n) is 2.66. The van der Waals surface area contributed by atoms with Gasteiger partial charge in [0.15, 0.2) is 0 Å². The van der Waals surface area contributed by atoms with Gasteiger partial charge in [0.25, 0.3) is 0 Å². The molecule has 0 aliphatic carbocycles. The summed E-state index contributed by atoms with van der Waals surface area (Å²) in [5.74, 6) is -0.350. The molecule has 0 saturated carbocycles. The van der Waals surface area contributed by atoms with E-state index in [0.717, 1.165) is 6.42 Å². The zero-order valence-corrected chi connectivity index (χ0v) is 10.7. The van der Waals surface area contributed by atoms with Gasteiger partial charge in [0.05, 0.1) is 6.61 Å². The van der Waals surface area contributed by atoms with Gasteiger partial charge in [0.1, 0.15) is 5.82 Å². The van der Waals surface area contributed by atoms with Crippen LogP contribution in [0.5, 0.6) is 0 Å². The number of aliphatic hydroxyl groups excluding tert-OH is 1. The fourth-order valence-corrected chi connectivity index (χ4v) is 1.64. The van der Waals surface area contributed by atoms with Crippen LogP contribution < -0.4 is 5.32 Å². The van der Waals surface area contributed by atoms with E-state index in [1.807, 2.05) is 6.92 Å². The lowest BCUT2D eigenvalue weighted by molar-refractivity contribution is 0.188. The van der Waals surface area contributed by atoms with Gasteiger partial charge in [-0.1, -0.05) is 13.0 Å². The van der Waals surface area contributed by atoms with Crippen LogP contribution in [0.15, 0.2) is 18.2 Å². The molecule has 0 atom stereocenters. The Bertz CT molecular complexity index is 404. The van der Waals surface area contributed by atoms with Gasteiger partial charge in [-0.3, -0.25) is 0 Å².